The van der Waals surface area contributed by atoms with Crippen LogP contribution in [0.25, 0.3) is 0 Å². The number of carbonyl (C=O) groups excluding carboxylic acids is 1. The molecule has 0 aromatic rings. The van der Waals surface area contributed by atoms with E-state index in [0.29, 0.717) is 23.7 Å². The lowest BCUT2D eigenvalue weighted by Gasteiger charge is -2.56. The average Bonchev–Trinajstić information content (AvgIpc) is 2.95. The molecule has 7 atom stereocenters. The monoisotopic (exact) mass is 388 g/mol. The summed E-state index contributed by atoms with van der Waals surface area (Å²) in [6.45, 7) is 3.65. The molecule has 4 aliphatic rings. The number of hydrogen-bond acceptors (Lipinski definition) is 3. The van der Waals surface area contributed by atoms with Gasteiger partial charge in [-0.3, -0.25) is 4.79 Å². The van der Waals surface area contributed by atoms with Crippen LogP contribution in [0.2, 0.25) is 0 Å². The fourth-order valence-electron chi connectivity index (χ4n) is 6.92. The minimum Gasteiger partial charge on any atom is -0.442 e. The van der Waals surface area contributed by atoms with E-state index in [1.165, 1.54) is 12.5 Å². The molecule has 4 heteroatoms. The number of ether oxygens (including phenoxy) is 1. The van der Waals surface area contributed by atoms with Crippen molar-refractivity contribution < 1.29 is 14.6 Å². The van der Waals surface area contributed by atoms with E-state index in [-0.39, 0.29) is 17.5 Å². The smallest absolute Gasteiger partial charge is 0.304 e. The third kappa shape index (κ3) is 2.79. The van der Waals surface area contributed by atoms with E-state index >= 15 is 0 Å². The number of esters is 1. The van der Waals surface area contributed by atoms with Gasteiger partial charge < -0.3 is 9.84 Å². The van der Waals surface area contributed by atoms with Crippen molar-refractivity contribution in [1.29, 1.82) is 0 Å². The summed E-state index contributed by atoms with van der Waals surface area (Å²) in [5.74, 6) is 5.00. The summed E-state index contributed by atoms with van der Waals surface area (Å²) < 4.78 is 5.88. The number of allylic oxidation sites excluding steroid dienone is 2. The maximum atomic E-state index is 11.9. The number of halogens is 1. The Morgan fingerprint density at radius 1 is 1.33 bits per heavy atom. The fourth-order valence-corrected chi connectivity index (χ4v) is 7.06. The maximum Gasteiger partial charge on any atom is 0.304 e. The molecule has 0 aromatic carbocycles. The highest BCUT2D eigenvalue weighted by Crippen LogP contribution is 2.64. The van der Waals surface area contributed by atoms with E-state index in [4.69, 9.17) is 16.3 Å². The Morgan fingerprint density at radius 3 is 2.85 bits per heavy atom. The van der Waals surface area contributed by atoms with Gasteiger partial charge in [-0.15, -0.1) is 0 Å². The number of aliphatic hydroxyl groups excluding tert-OH is 1. The van der Waals surface area contributed by atoms with Crippen LogP contribution in [0.3, 0.4) is 0 Å². The maximum absolute atomic E-state index is 11.9. The molecule has 2 fully saturated rings. The Labute approximate surface area is 167 Å². The van der Waals surface area contributed by atoms with Crippen LogP contribution < -0.4 is 0 Å². The quantitative estimate of drug-likeness (QED) is 0.427. The Balaban J connectivity index is 1.69. The predicted molar refractivity (Wildman–Crippen MR) is 106 cm³/mol. The molecule has 0 saturated heterocycles. The van der Waals surface area contributed by atoms with Crippen LogP contribution in [0.15, 0.2) is 23.8 Å². The summed E-state index contributed by atoms with van der Waals surface area (Å²) in [5.41, 5.74) is 0.397. The molecular weight excluding hydrogens is 360 g/mol. The first kappa shape index (κ1) is 19.1. The van der Waals surface area contributed by atoms with Gasteiger partial charge in [-0.05, 0) is 92.2 Å². The van der Waals surface area contributed by atoms with E-state index in [0.717, 1.165) is 44.9 Å². The normalized spacial score (nSPS) is 44.9. The molecule has 0 aliphatic heterocycles. The summed E-state index contributed by atoms with van der Waals surface area (Å²) in [4.78, 5) is 11.9. The van der Waals surface area contributed by atoms with Gasteiger partial charge in [0, 0.05) is 17.7 Å². The number of aliphatic hydroxyl groups is 1. The van der Waals surface area contributed by atoms with E-state index in [1.807, 2.05) is 6.08 Å². The molecule has 0 unspecified atom stereocenters. The first-order chi connectivity index (χ1) is 13.0. The lowest BCUT2D eigenvalue weighted by atomic mass is 9.49. The predicted octanol–water partition coefficient (Wildman–Crippen LogP) is 4.59. The zero-order chi connectivity index (χ0) is 19.2. The zero-order valence-electron chi connectivity index (χ0n) is 16.2. The highest BCUT2D eigenvalue weighted by atomic mass is 35.5. The Morgan fingerprint density at radius 2 is 2.15 bits per heavy atom. The highest BCUT2D eigenvalue weighted by Gasteiger charge is 2.63. The zero-order valence-corrected chi connectivity index (χ0v) is 17.0. The topological polar surface area (TPSA) is 46.5 Å². The van der Waals surface area contributed by atoms with Crippen molar-refractivity contribution in [2.24, 2.45) is 29.1 Å². The van der Waals surface area contributed by atoms with Crippen LogP contribution in [-0.4, -0.2) is 22.8 Å². The van der Waals surface area contributed by atoms with Crippen LogP contribution in [0.1, 0.15) is 58.8 Å². The van der Waals surface area contributed by atoms with Gasteiger partial charge in [-0.2, -0.15) is 0 Å². The van der Waals surface area contributed by atoms with Gasteiger partial charge in [0.1, 0.15) is 0 Å². The number of rotatable bonds is 2. The molecule has 0 bridgehead atoms. The molecule has 3 nitrogen and oxygen atoms in total. The van der Waals surface area contributed by atoms with Crippen molar-refractivity contribution in [2.45, 2.75) is 70.5 Å². The Bertz CT molecular complexity index is 744. The van der Waals surface area contributed by atoms with Crippen LogP contribution >= 0.6 is 11.6 Å². The molecule has 0 amide bonds. The van der Waals surface area contributed by atoms with Crippen molar-refractivity contribution in [3.8, 4) is 11.3 Å². The Hall–Kier alpha value is -1.24. The van der Waals surface area contributed by atoms with Crippen LogP contribution in [-0.2, 0) is 9.53 Å². The fraction of sp³-hybridized carbons (Fsp3) is 0.696. The molecule has 0 heterocycles. The van der Waals surface area contributed by atoms with E-state index in [9.17, 15) is 9.90 Å². The van der Waals surface area contributed by atoms with Gasteiger partial charge in [0.25, 0.3) is 0 Å². The standard InChI is InChI=1S/C23H29ClO3/c1-3-22-10-8-19-18-7-5-17(26)14-16(18)4-6-20(19)21(22)9-11-23(22,12-13-24)27-15(2)25/h9,11,14,17-21,26H,3-8,10H2,1-2H3/t17-,18-,19+,20+,21-,22-,23+/m0/s1. The minimum atomic E-state index is -0.899. The van der Waals surface area contributed by atoms with E-state index in [1.54, 1.807) is 0 Å². The third-order valence-corrected chi connectivity index (χ3v) is 8.05. The van der Waals surface area contributed by atoms with Crippen molar-refractivity contribution >= 4 is 17.6 Å². The van der Waals surface area contributed by atoms with Crippen molar-refractivity contribution in [2.75, 3.05) is 0 Å². The molecule has 0 spiro atoms. The van der Waals surface area contributed by atoms with Crippen molar-refractivity contribution in [3.05, 3.63) is 23.8 Å². The summed E-state index contributed by atoms with van der Waals surface area (Å²) >= 11 is 5.83. The van der Waals surface area contributed by atoms with Gasteiger partial charge in [0.05, 0.1) is 6.10 Å². The largest absolute Gasteiger partial charge is 0.442 e. The second-order valence-corrected chi connectivity index (χ2v) is 9.03. The van der Waals surface area contributed by atoms with Crippen molar-refractivity contribution in [1.82, 2.24) is 0 Å². The van der Waals surface area contributed by atoms with E-state index < -0.39 is 5.60 Å². The first-order valence-corrected chi connectivity index (χ1v) is 10.7. The first-order valence-electron chi connectivity index (χ1n) is 10.4. The summed E-state index contributed by atoms with van der Waals surface area (Å²) in [5, 5.41) is 12.5. The molecule has 1 N–H and O–H groups in total. The van der Waals surface area contributed by atoms with Crippen LogP contribution in [0, 0.1) is 40.4 Å². The van der Waals surface area contributed by atoms with Gasteiger partial charge in [-0.25, -0.2) is 0 Å². The van der Waals surface area contributed by atoms with Gasteiger partial charge in [0.15, 0.2) is 5.60 Å². The minimum absolute atomic E-state index is 0.183. The molecule has 0 aromatic heterocycles. The second-order valence-electron chi connectivity index (χ2n) is 8.84. The second kappa shape index (κ2) is 6.98. The SMILES string of the molecule is CC[C@]12CC[C@H]3[C@@H](CCC4=C[C@@H](O)CC[C@@H]43)[C@@H]1C=C[C@]2(C#CCl)OC(C)=O. The van der Waals surface area contributed by atoms with Crippen LogP contribution in [0.5, 0.6) is 0 Å². The summed E-state index contributed by atoms with van der Waals surface area (Å²) in [7, 11) is 0. The molecule has 0 radical (unpaired) electrons. The van der Waals surface area contributed by atoms with E-state index in [2.05, 4.69) is 30.4 Å². The van der Waals surface area contributed by atoms with Gasteiger partial charge in [-0.1, -0.05) is 24.6 Å². The van der Waals surface area contributed by atoms with Crippen molar-refractivity contribution in [3.63, 3.8) is 0 Å². The molecule has 27 heavy (non-hydrogen) atoms. The lowest BCUT2D eigenvalue weighted by molar-refractivity contribution is -0.166. The third-order valence-electron chi connectivity index (χ3n) is 7.96. The average molecular weight is 389 g/mol. The molecule has 146 valence electrons. The number of carbonyl (C=O) groups is 1. The Kier molecular flexibility index (Phi) is 4.93. The molecular formula is C23H29ClO3. The number of hydrogen-bond donors (Lipinski definition) is 1. The molecule has 2 saturated carbocycles. The molecule has 4 rings (SSSR count). The van der Waals surface area contributed by atoms with Crippen LogP contribution in [0.4, 0.5) is 0 Å². The van der Waals surface area contributed by atoms with Gasteiger partial charge >= 0.3 is 5.97 Å². The number of fused-ring (bicyclic) bond motifs is 5. The summed E-state index contributed by atoms with van der Waals surface area (Å²) in [6, 6.07) is 0. The highest BCUT2D eigenvalue weighted by molar-refractivity contribution is 6.30. The lowest BCUT2D eigenvalue weighted by Crippen LogP contribution is -2.55. The molecule has 4 aliphatic carbocycles. The summed E-state index contributed by atoms with van der Waals surface area (Å²) in [6.07, 6.45) is 13.4. The van der Waals surface area contributed by atoms with Gasteiger partial charge in [0.2, 0.25) is 0 Å².